The number of hydrogen-bond donors (Lipinski definition) is 1. The van der Waals surface area contributed by atoms with Gasteiger partial charge in [-0.3, -0.25) is 9.59 Å². The summed E-state index contributed by atoms with van der Waals surface area (Å²) >= 11 is 0. The average molecular weight is 399 g/mol. The maximum atomic E-state index is 12.7. The Bertz CT molecular complexity index is 853. The van der Waals surface area contributed by atoms with Gasteiger partial charge in [-0.15, -0.1) is 0 Å². The number of carbonyl (C=O) groups is 2. The van der Waals surface area contributed by atoms with Crippen molar-refractivity contribution in [3.63, 3.8) is 0 Å². The summed E-state index contributed by atoms with van der Waals surface area (Å²) in [5.74, 6) is 1.37. The summed E-state index contributed by atoms with van der Waals surface area (Å²) in [7, 11) is 0. The van der Waals surface area contributed by atoms with E-state index >= 15 is 0 Å². The number of aliphatic hydroxyl groups excluding tert-OH is 1. The van der Waals surface area contributed by atoms with E-state index in [1.54, 1.807) is 0 Å². The fourth-order valence-corrected chi connectivity index (χ4v) is 8.24. The van der Waals surface area contributed by atoms with Crippen molar-refractivity contribution >= 4 is 11.6 Å². The van der Waals surface area contributed by atoms with Gasteiger partial charge in [0.05, 0.1) is 6.10 Å². The van der Waals surface area contributed by atoms with E-state index in [-0.39, 0.29) is 22.7 Å². The van der Waals surface area contributed by atoms with E-state index in [0.29, 0.717) is 35.5 Å². The lowest BCUT2D eigenvalue weighted by Crippen LogP contribution is -2.65. The fourth-order valence-electron chi connectivity index (χ4n) is 8.24. The van der Waals surface area contributed by atoms with Crippen LogP contribution in [0.2, 0.25) is 0 Å². The number of aliphatic hydroxyl groups is 1. The highest BCUT2D eigenvalue weighted by Crippen LogP contribution is 2.70. The minimum Gasteiger partial charge on any atom is -0.485 e. The largest absolute Gasteiger partial charge is 0.485 e. The molecule has 1 aliphatic heterocycles. The third-order valence-corrected chi connectivity index (χ3v) is 9.94. The van der Waals surface area contributed by atoms with E-state index in [9.17, 15) is 14.7 Å². The smallest absolute Gasteiger partial charge is 0.232 e. The van der Waals surface area contributed by atoms with Crippen LogP contribution >= 0.6 is 0 Å². The number of ether oxygens (including phenoxy) is 1. The Balaban J connectivity index is 1.56. The minimum atomic E-state index is -0.403. The summed E-state index contributed by atoms with van der Waals surface area (Å²) in [4.78, 5) is 24.9. The number of rotatable bonds is 0. The molecule has 4 aliphatic carbocycles. The summed E-state index contributed by atoms with van der Waals surface area (Å²) in [6.45, 7) is 9.04. The lowest BCUT2D eigenvalue weighted by Gasteiger charge is -2.66. The Morgan fingerprint density at radius 3 is 2.62 bits per heavy atom. The fraction of sp³-hybridized carbons (Fsp3) is 0.760. The van der Waals surface area contributed by atoms with Crippen LogP contribution in [0.3, 0.4) is 0 Å². The molecule has 4 heteroatoms. The molecule has 4 nitrogen and oxygen atoms in total. The molecule has 1 N–H and O–H groups in total. The molecule has 1 spiro atoms. The van der Waals surface area contributed by atoms with Gasteiger partial charge in [-0.2, -0.15) is 0 Å². The summed E-state index contributed by atoms with van der Waals surface area (Å²) in [5, 5.41) is 10.3. The minimum absolute atomic E-state index is 0.0286. The van der Waals surface area contributed by atoms with Crippen LogP contribution in [0, 0.1) is 28.6 Å². The molecule has 0 radical (unpaired) electrons. The van der Waals surface area contributed by atoms with Gasteiger partial charge >= 0.3 is 0 Å². The zero-order chi connectivity index (χ0) is 20.8. The molecular weight excluding hydrogens is 364 g/mol. The van der Waals surface area contributed by atoms with Crippen molar-refractivity contribution < 1.29 is 19.4 Å². The van der Waals surface area contributed by atoms with Gasteiger partial charge in [-0.1, -0.05) is 20.8 Å². The Hall–Kier alpha value is -1.42. The first-order chi connectivity index (χ1) is 13.6. The van der Waals surface area contributed by atoms with Crippen LogP contribution in [0.4, 0.5) is 0 Å². The number of allylic oxidation sites excluding steroid dienone is 2. The Labute approximate surface area is 173 Å². The second-order valence-electron chi connectivity index (χ2n) is 11.1. The number of ketones is 2. The maximum Gasteiger partial charge on any atom is 0.232 e. The van der Waals surface area contributed by atoms with Crippen molar-refractivity contribution in [3.8, 4) is 0 Å². The van der Waals surface area contributed by atoms with Gasteiger partial charge < -0.3 is 9.84 Å². The molecule has 0 aromatic rings. The molecule has 5 aliphatic rings. The molecule has 0 unspecified atom stereocenters. The molecule has 158 valence electrons. The number of carbonyl (C=O) groups excluding carboxylic acids is 2. The Kier molecular flexibility index (Phi) is 4.08. The highest BCUT2D eigenvalue weighted by Gasteiger charge is 2.68. The second kappa shape index (κ2) is 6.06. The summed E-state index contributed by atoms with van der Waals surface area (Å²) in [6, 6.07) is 0. The van der Waals surface area contributed by atoms with Gasteiger partial charge in [0.15, 0.2) is 0 Å². The van der Waals surface area contributed by atoms with E-state index in [1.165, 1.54) is 12.5 Å². The van der Waals surface area contributed by atoms with Gasteiger partial charge in [-0.05, 0) is 86.7 Å². The topological polar surface area (TPSA) is 63.6 Å². The molecule has 3 fully saturated rings. The van der Waals surface area contributed by atoms with Crippen LogP contribution in [0.1, 0.15) is 79.1 Å². The van der Waals surface area contributed by atoms with Crippen LogP contribution < -0.4 is 0 Å². The molecule has 7 atom stereocenters. The summed E-state index contributed by atoms with van der Waals surface area (Å²) in [6.07, 6.45) is 9.25. The molecular formula is C25H34O4. The maximum absolute atomic E-state index is 12.7. The lowest BCUT2D eigenvalue weighted by molar-refractivity contribution is -0.231. The third kappa shape index (κ3) is 2.35. The number of hydrogen-bond acceptors (Lipinski definition) is 4. The number of fused-ring (bicyclic) bond motifs is 4. The van der Waals surface area contributed by atoms with Gasteiger partial charge in [0.25, 0.3) is 0 Å². The molecule has 1 heterocycles. The molecule has 0 aromatic heterocycles. The van der Waals surface area contributed by atoms with Gasteiger partial charge in [0.2, 0.25) is 11.6 Å². The van der Waals surface area contributed by atoms with Crippen molar-refractivity contribution in [1.82, 2.24) is 0 Å². The van der Waals surface area contributed by atoms with E-state index < -0.39 is 11.4 Å². The van der Waals surface area contributed by atoms with Crippen LogP contribution in [-0.2, 0) is 14.3 Å². The first-order valence-corrected chi connectivity index (χ1v) is 11.5. The van der Waals surface area contributed by atoms with Crippen LogP contribution in [0.25, 0.3) is 0 Å². The second-order valence-corrected chi connectivity index (χ2v) is 11.1. The summed E-state index contributed by atoms with van der Waals surface area (Å²) < 4.78 is 6.84. The molecule has 29 heavy (non-hydrogen) atoms. The Morgan fingerprint density at radius 2 is 1.86 bits per heavy atom. The molecule has 5 rings (SSSR count). The van der Waals surface area contributed by atoms with E-state index in [0.717, 1.165) is 44.1 Å². The van der Waals surface area contributed by atoms with Crippen LogP contribution in [0.5, 0.6) is 0 Å². The van der Waals surface area contributed by atoms with Gasteiger partial charge in [0, 0.05) is 17.4 Å². The van der Waals surface area contributed by atoms with E-state index in [4.69, 9.17) is 4.74 Å². The zero-order valence-electron chi connectivity index (χ0n) is 18.2. The molecule has 0 bridgehead atoms. The molecule has 3 saturated carbocycles. The highest BCUT2D eigenvalue weighted by atomic mass is 16.5. The van der Waals surface area contributed by atoms with Crippen molar-refractivity contribution in [1.29, 1.82) is 0 Å². The SMILES string of the molecule is CC1=CC(=O)C(=O)C2=C1O[C@@]1(C2)[C@@H](C)CC[C@@H]2[C@@]3(C)CC[C@H](O)C[C@@H]3CC[C@]21C. The van der Waals surface area contributed by atoms with Gasteiger partial charge in [0.1, 0.15) is 11.4 Å². The van der Waals surface area contributed by atoms with Crippen LogP contribution in [0.15, 0.2) is 23.0 Å². The monoisotopic (exact) mass is 398 g/mol. The third-order valence-electron chi connectivity index (χ3n) is 9.94. The summed E-state index contributed by atoms with van der Waals surface area (Å²) in [5.41, 5.74) is 1.21. The van der Waals surface area contributed by atoms with E-state index in [1.807, 2.05) is 6.92 Å². The van der Waals surface area contributed by atoms with Crippen molar-refractivity contribution in [2.75, 3.05) is 0 Å². The van der Waals surface area contributed by atoms with Crippen molar-refractivity contribution in [2.45, 2.75) is 90.8 Å². The average Bonchev–Trinajstić information content (AvgIpc) is 3.09. The van der Waals surface area contributed by atoms with Crippen molar-refractivity contribution in [2.24, 2.45) is 28.6 Å². The van der Waals surface area contributed by atoms with E-state index in [2.05, 4.69) is 20.8 Å². The Morgan fingerprint density at radius 1 is 1.10 bits per heavy atom. The number of Topliss-reactive ketones (excluding diaryl/α,β-unsaturated/α-hetero) is 1. The molecule has 0 saturated heterocycles. The normalized spacial score (nSPS) is 49.3. The first kappa shape index (κ1) is 19.5. The van der Waals surface area contributed by atoms with Crippen molar-refractivity contribution in [3.05, 3.63) is 23.0 Å². The first-order valence-electron chi connectivity index (χ1n) is 11.5. The quantitative estimate of drug-likeness (QED) is 0.482. The standard InChI is InChI=1S/C25H34O4/c1-14-11-19(27)21(28)18-13-25(29-22(14)18)15(2)5-6-20-23(3)9-8-17(26)12-16(23)7-10-24(20,25)4/h11,15-17,20,26H,5-10,12-13H2,1-4H3/t15-,16-,17-,20+,23-,24+,25-/m0/s1. The zero-order valence-corrected chi connectivity index (χ0v) is 18.2. The highest BCUT2D eigenvalue weighted by molar-refractivity contribution is 6.48. The van der Waals surface area contributed by atoms with Crippen LogP contribution in [-0.4, -0.2) is 28.4 Å². The predicted molar refractivity (Wildman–Crippen MR) is 110 cm³/mol. The predicted octanol–water partition coefficient (Wildman–Crippen LogP) is 4.51. The van der Waals surface area contributed by atoms with Gasteiger partial charge in [-0.25, -0.2) is 0 Å². The molecule has 0 amide bonds. The molecule has 0 aromatic carbocycles. The lowest BCUT2D eigenvalue weighted by atomic mass is 9.40.